The van der Waals surface area contributed by atoms with Crippen molar-refractivity contribution < 1.29 is 14.6 Å². The number of hydrogen-bond acceptors (Lipinski definition) is 6. The minimum atomic E-state index is -0.615. The van der Waals surface area contributed by atoms with Crippen LogP contribution in [0.5, 0.6) is 5.75 Å². The van der Waals surface area contributed by atoms with Crippen molar-refractivity contribution in [2.24, 2.45) is 4.99 Å². The highest BCUT2D eigenvalue weighted by atomic mass is 32.1. The molecule has 0 saturated heterocycles. The zero-order valence-corrected chi connectivity index (χ0v) is 17.3. The molecular formula is C23H20N2O4S. The van der Waals surface area contributed by atoms with E-state index in [0.29, 0.717) is 32.6 Å². The maximum atomic E-state index is 13.4. The van der Waals surface area contributed by atoms with Gasteiger partial charge in [-0.3, -0.25) is 9.36 Å². The largest absolute Gasteiger partial charge is 0.508 e. The maximum Gasteiger partial charge on any atom is 0.338 e. The van der Waals surface area contributed by atoms with E-state index in [1.54, 1.807) is 28.8 Å². The van der Waals surface area contributed by atoms with Gasteiger partial charge in [-0.05, 0) is 35.8 Å². The Bertz CT molecular complexity index is 1320. The van der Waals surface area contributed by atoms with Crippen LogP contribution in [0, 0.1) is 0 Å². The summed E-state index contributed by atoms with van der Waals surface area (Å²) in [7, 11) is 1.33. The molecule has 0 saturated carbocycles. The Balaban J connectivity index is 2.01. The molecule has 152 valence electrons. The standard InChI is InChI=1S/C23H20N2O4S/c1-3-17-19(22(28)29-2)20(15-9-5-4-6-10-15)25-21(27)18(30-23(25)24-17)13-14-8-7-11-16(26)12-14/h4-13,20,26H,3H2,1-2H3/b18-13-/t20-/m1/s1. The van der Waals surface area contributed by atoms with Gasteiger partial charge in [0.05, 0.1) is 29.0 Å². The van der Waals surface area contributed by atoms with Crippen molar-refractivity contribution >= 4 is 23.4 Å². The Morgan fingerprint density at radius 3 is 2.67 bits per heavy atom. The van der Waals surface area contributed by atoms with E-state index in [1.165, 1.54) is 18.4 Å². The second-order valence-electron chi connectivity index (χ2n) is 6.79. The summed E-state index contributed by atoms with van der Waals surface area (Å²) in [6.45, 7) is 1.92. The predicted octanol–water partition coefficient (Wildman–Crippen LogP) is 2.50. The number of benzene rings is 2. The van der Waals surface area contributed by atoms with Gasteiger partial charge in [0.1, 0.15) is 5.75 Å². The molecule has 2 heterocycles. The zero-order chi connectivity index (χ0) is 21.3. The SMILES string of the molecule is CCC1=C(C(=O)OC)[C@@H](c2ccccc2)n2c(s/c(=C\c3cccc(O)c3)c2=O)=N1. The Morgan fingerprint density at radius 1 is 1.23 bits per heavy atom. The van der Waals surface area contributed by atoms with Crippen molar-refractivity contribution in [3.8, 4) is 5.75 Å². The van der Waals surface area contributed by atoms with Crippen LogP contribution in [0.2, 0.25) is 0 Å². The fourth-order valence-electron chi connectivity index (χ4n) is 3.58. The van der Waals surface area contributed by atoms with Gasteiger partial charge in [-0.2, -0.15) is 0 Å². The summed E-state index contributed by atoms with van der Waals surface area (Å²) in [6.07, 6.45) is 2.25. The molecule has 1 aromatic heterocycles. The Kier molecular flexibility index (Phi) is 5.37. The third-order valence-electron chi connectivity index (χ3n) is 4.93. The van der Waals surface area contributed by atoms with Crippen LogP contribution >= 0.6 is 11.3 Å². The molecule has 0 amide bonds. The fraction of sp³-hybridized carbons (Fsp3) is 0.174. The first-order chi connectivity index (χ1) is 14.5. The number of allylic oxidation sites excluding steroid dienone is 1. The number of hydrogen-bond donors (Lipinski definition) is 1. The van der Waals surface area contributed by atoms with Crippen molar-refractivity contribution in [1.82, 2.24) is 4.57 Å². The summed E-state index contributed by atoms with van der Waals surface area (Å²) < 4.78 is 7.07. The maximum absolute atomic E-state index is 13.4. The van der Waals surface area contributed by atoms with Crippen LogP contribution in [0.1, 0.15) is 30.5 Å². The number of thiazole rings is 1. The normalized spacial score (nSPS) is 16.2. The van der Waals surface area contributed by atoms with Gasteiger partial charge in [0, 0.05) is 0 Å². The van der Waals surface area contributed by atoms with Gasteiger partial charge in [-0.1, -0.05) is 60.7 Å². The van der Waals surface area contributed by atoms with Crippen molar-refractivity contribution in [2.45, 2.75) is 19.4 Å². The van der Waals surface area contributed by atoms with Crippen LogP contribution in [0.25, 0.3) is 6.08 Å². The molecule has 3 aromatic rings. The summed E-state index contributed by atoms with van der Waals surface area (Å²) in [6, 6.07) is 15.5. The number of esters is 1. The lowest BCUT2D eigenvalue weighted by Crippen LogP contribution is -2.40. The number of carbonyl (C=O) groups excluding carboxylic acids is 1. The first-order valence-electron chi connectivity index (χ1n) is 9.50. The molecule has 4 rings (SSSR count). The monoisotopic (exact) mass is 420 g/mol. The molecule has 30 heavy (non-hydrogen) atoms. The lowest BCUT2D eigenvalue weighted by Gasteiger charge is -2.25. The second-order valence-corrected chi connectivity index (χ2v) is 7.80. The predicted molar refractivity (Wildman–Crippen MR) is 115 cm³/mol. The molecule has 0 bridgehead atoms. The first kappa shape index (κ1) is 19.8. The van der Waals surface area contributed by atoms with Gasteiger partial charge >= 0.3 is 5.97 Å². The Hall–Kier alpha value is -3.45. The average molecular weight is 420 g/mol. The van der Waals surface area contributed by atoms with E-state index in [1.807, 2.05) is 43.3 Å². The van der Waals surface area contributed by atoms with Gasteiger partial charge in [-0.25, -0.2) is 9.79 Å². The van der Waals surface area contributed by atoms with Crippen LogP contribution in [-0.2, 0) is 9.53 Å². The molecule has 0 fully saturated rings. The number of fused-ring (bicyclic) bond motifs is 1. The van der Waals surface area contributed by atoms with E-state index in [4.69, 9.17) is 4.74 Å². The van der Waals surface area contributed by atoms with E-state index >= 15 is 0 Å². The van der Waals surface area contributed by atoms with Crippen LogP contribution in [0.15, 0.2) is 75.7 Å². The van der Waals surface area contributed by atoms with Crippen molar-refractivity contribution in [1.29, 1.82) is 0 Å². The third-order valence-corrected chi connectivity index (χ3v) is 5.92. The topological polar surface area (TPSA) is 80.9 Å². The number of nitrogens with zero attached hydrogens (tertiary/aromatic N) is 2. The zero-order valence-electron chi connectivity index (χ0n) is 16.5. The van der Waals surface area contributed by atoms with E-state index < -0.39 is 12.0 Å². The molecule has 1 aliphatic heterocycles. The highest BCUT2D eigenvalue weighted by Gasteiger charge is 2.33. The van der Waals surface area contributed by atoms with E-state index in [0.717, 1.165) is 5.56 Å². The van der Waals surface area contributed by atoms with Crippen LogP contribution in [0.4, 0.5) is 0 Å². The fourth-order valence-corrected chi connectivity index (χ4v) is 4.60. The lowest BCUT2D eigenvalue weighted by molar-refractivity contribution is -0.136. The van der Waals surface area contributed by atoms with E-state index in [-0.39, 0.29) is 11.3 Å². The van der Waals surface area contributed by atoms with Gasteiger partial charge in [-0.15, -0.1) is 0 Å². The second kappa shape index (κ2) is 8.12. The van der Waals surface area contributed by atoms with Gasteiger partial charge in [0.15, 0.2) is 4.80 Å². The highest BCUT2D eigenvalue weighted by Crippen LogP contribution is 2.31. The average Bonchev–Trinajstić information content (AvgIpc) is 3.07. The minimum Gasteiger partial charge on any atom is -0.508 e. The molecule has 0 radical (unpaired) electrons. The Labute approximate surface area is 176 Å². The molecule has 6 nitrogen and oxygen atoms in total. The smallest absolute Gasteiger partial charge is 0.338 e. The third kappa shape index (κ3) is 3.48. The van der Waals surface area contributed by atoms with Gasteiger partial charge < -0.3 is 9.84 Å². The number of phenolic OH excluding ortho intramolecular Hbond substituents is 1. The number of methoxy groups -OCH3 is 1. The lowest BCUT2D eigenvalue weighted by atomic mass is 9.95. The molecule has 0 spiro atoms. The molecule has 2 aromatic carbocycles. The number of rotatable bonds is 4. The van der Waals surface area contributed by atoms with Crippen LogP contribution in [-0.4, -0.2) is 22.8 Å². The number of phenols is 1. The van der Waals surface area contributed by atoms with E-state index in [2.05, 4.69) is 4.99 Å². The van der Waals surface area contributed by atoms with Crippen LogP contribution < -0.4 is 14.9 Å². The van der Waals surface area contributed by atoms with E-state index in [9.17, 15) is 14.7 Å². The number of aromatic nitrogens is 1. The molecule has 0 unspecified atom stereocenters. The first-order valence-corrected chi connectivity index (χ1v) is 10.3. The molecular weight excluding hydrogens is 400 g/mol. The summed E-state index contributed by atoms with van der Waals surface area (Å²) >= 11 is 1.26. The molecule has 0 aliphatic carbocycles. The van der Waals surface area contributed by atoms with Gasteiger partial charge in [0.25, 0.3) is 5.56 Å². The van der Waals surface area contributed by atoms with Crippen molar-refractivity contribution in [2.75, 3.05) is 7.11 Å². The summed E-state index contributed by atoms with van der Waals surface area (Å²) in [5, 5.41) is 9.73. The highest BCUT2D eigenvalue weighted by molar-refractivity contribution is 7.07. The molecule has 1 N–H and O–H groups in total. The van der Waals surface area contributed by atoms with Crippen LogP contribution in [0.3, 0.4) is 0 Å². The summed E-state index contributed by atoms with van der Waals surface area (Å²) in [4.78, 5) is 31.2. The minimum absolute atomic E-state index is 0.125. The molecule has 7 heteroatoms. The summed E-state index contributed by atoms with van der Waals surface area (Å²) in [5.74, 6) is -0.369. The molecule has 1 atom stereocenters. The number of carbonyl (C=O) groups is 1. The Morgan fingerprint density at radius 2 is 2.00 bits per heavy atom. The van der Waals surface area contributed by atoms with Crippen molar-refractivity contribution in [3.05, 3.63) is 96.7 Å². The number of ether oxygens (including phenoxy) is 1. The van der Waals surface area contributed by atoms with Crippen molar-refractivity contribution in [3.63, 3.8) is 0 Å². The molecule has 1 aliphatic rings. The summed E-state index contributed by atoms with van der Waals surface area (Å²) in [5.41, 5.74) is 2.26. The van der Waals surface area contributed by atoms with Gasteiger partial charge in [0.2, 0.25) is 0 Å². The number of aromatic hydroxyl groups is 1. The quantitative estimate of drug-likeness (QED) is 0.658.